The van der Waals surface area contributed by atoms with Gasteiger partial charge in [0.25, 0.3) is 0 Å². The van der Waals surface area contributed by atoms with E-state index in [0.29, 0.717) is 22.8 Å². The molecule has 2 rings (SSSR count). The molecule has 0 aromatic carbocycles. The first kappa shape index (κ1) is 13.4. The Morgan fingerprint density at radius 1 is 1.28 bits per heavy atom. The van der Waals surface area contributed by atoms with Gasteiger partial charge in [-0.25, -0.2) is 9.97 Å². The van der Waals surface area contributed by atoms with Crippen molar-refractivity contribution in [1.29, 1.82) is 0 Å². The topological polar surface area (TPSA) is 47.0 Å². The van der Waals surface area contributed by atoms with Gasteiger partial charge in [-0.05, 0) is 25.2 Å². The summed E-state index contributed by atoms with van der Waals surface area (Å²) >= 11 is 5.99. The maximum Gasteiger partial charge on any atom is 0.198 e. The van der Waals surface area contributed by atoms with Crippen molar-refractivity contribution in [2.45, 2.75) is 45.1 Å². The van der Waals surface area contributed by atoms with Crippen LogP contribution in [0.2, 0.25) is 5.15 Å². The molecule has 1 saturated carbocycles. The molecule has 0 spiro atoms. The van der Waals surface area contributed by atoms with E-state index in [1.807, 2.05) is 0 Å². The average Bonchev–Trinajstić information content (AvgIpc) is 2.55. The number of nitrogens with zero attached hydrogens (tertiary/aromatic N) is 2. The van der Waals surface area contributed by atoms with E-state index in [0.717, 1.165) is 5.92 Å². The molecule has 18 heavy (non-hydrogen) atoms. The van der Waals surface area contributed by atoms with Crippen LogP contribution in [0.25, 0.3) is 0 Å². The van der Waals surface area contributed by atoms with E-state index in [-0.39, 0.29) is 0 Å². The van der Waals surface area contributed by atoms with E-state index >= 15 is 0 Å². The molecule has 0 amide bonds. The number of hydrogen-bond donors (Lipinski definition) is 1. The minimum atomic E-state index is 0.358. The third kappa shape index (κ3) is 3.25. The predicted molar refractivity (Wildman–Crippen MR) is 73.3 cm³/mol. The number of halogens is 1. The third-order valence-electron chi connectivity index (χ3n) is 3.56. The summed E-state index contributed by atoms with van der Waals surface area (Å²) in [6, 6.07) is 0.454. The zero-order valence-corrected chi connectivity index (χ0v) is 11.7. The highest BCUT2D eigenvalue weighted by Crippen LogP contribution is 2.31. The van der Waals surface area contributed by atoms with E-state index in [9.17, 15) is 0 Å². The Balaban J connectivity index is 2.06. The Bertz CT molecular complexity index is 400. The van der Waals surface area contributed by atoms with Gasteiger partial charge >= 0.3 is 0 Å². The summed E-state index contributed by atoms with van der Waals surface area (Å²) in [5, 5.41) is 3.80. The zero-order chi connectivity index (χ0) is 13.0. The van der Waals surface area contributed by atoms with Gasteiger partial charge in [-0.2, -0.15) is 0 Å². The highest BCUT2D eigenvalue weighted by Gasteiger charge is 2.19. The van der Waals surface area contributed by atoms with Gasteiger partial charge in [-0.15, -0.1) is 0 Å². The lowest BCUT2D eigenvalue weighted by Gasteiger charge is -2.18. The first-order valence-electron chi connectivity index (χ1n) is 6.51. The van der Waals surface area contributed by atoms with Gasteiger partial charge in [0.15, 0.2) is 16.7 Å². The number of ether oxygens (including phenoxy) is 1. The summed E-state index contributed by atoms with van der Waals surface area (Å²) < 4.78 is 5.25. The molecule has 5 heteroatoms. The second-order valence-corrected chi connectivity index (χ2v) is 5.36. The molecular formula is C13H20ClN3O. The highest BCUT2D eigenvalue weighted by atomic mass is 35.5. The Hall–Kier alpha value is -1.03. The number of aromatic nitrogens is 2. The summed E-state index contributed by atoms with van der Waals surface area (Å²) in [6.07, 6.45) is 7.66. The fourth-order valence-corrected chi connectivity index (χ4v) is 2.67. The molecule has 0 saturated heterocycles. The van der Waals surface area contributed by atoms with E-state index in [2.05, 4.69) is 22.2 Å². The van der Waals surface area contributed by atoms with Crippen molar-refractivity contribution >= 4 is 17.4 Å². The van der Waals surface area contributed by atoms with Crippen molar-refractivity contribution in [3.8, 4) is 5.75 Å². The van der Waals surface area contributed by atoms with Gasteiger partial charge in [0, 0.05) is 6.04 Å². The van der Waals surface area contributed by atoms with Crippen molar-refractivity contribution < 1.29 is 4.74 Å². The summed E-state index contributed by atoms with van der Waals surface area (Å²) in [5.41, 5.74) is 0. The molecule has 1 aromatic heterocycles. The van der Waals surface area contributed by atoms with E-state index < -0.39 is 0 Å². The zero-order valence-electron chi connectivity index (χ0n) is 10.9. The molecule has 4 nitrogen and oxygen atoms in total. The van der Waals surface area contributed by atoms with Crippen LogP contribution in [0.1, 0.15) is 39.0 Å². The molecule has 1 fully saturated rings. The molecule has 1 aliphatic rings. The van der Waals surface area contributed by atoms with Crippen molar-refractivity contribution in [1.82, 2.24) is 9.97 Å². The van der Waals surface area contributed by atoms with Crippen LogP contribution >= 0.6 is 11.6 Å². The smallest absolute Gasteiger partial charge is 0.198 e. The number of rotatable bonds is 3. The fourth-order valence-electron chi connectivity index (χ4n) is 2.46. The lowest BCUT2D eigenvalue weighted by Crippen LogP contribution is -2.20. The van der Waals surface area contributed by atoms with Crippen LogP contribution < -0.4 is 10.1 Å². The monoisotopic (exact) mass is 269 g/mol. The molecular weight excluding hydrogens is 250 g/mol. The SMILES string of the molecule is COc1c(Cl)ncnc1NC1CCCC(C)CC1. The molecule has 0 radical (unpaired) electrons. The van der Waals surface area contributed by atoms with Crippen LogP contribution in [0, 0.1) is 5.92 Å². The van der Waals surface area contributed by atoms with E-state index in [4.69, 9.17) is 16.3 Å². The van der Waals surface area contributed by atoms with Gasteiger partial charge in [0.05, 0.1) is 7.11 Å². The molecule has 2 atom stereocenters. The molecule has 2 unspecified atom stereocenters. The molecule has 100 valence electrons. The van der Waals surface area contributed by atoms with Crippen molar-refractivity contribution in [3.63, 3.8) is 0 Å². The first-order chi connectivity index (χ1) is 8.70. The third-order valence-corrected chi connectivity index (χ3v) is 3.83. The Labute approximate surface area is 113 Å². The van der Waals surface area contributed by atoms with Gasteiger partial charge < -0.3 is 10.1 Å². The Kier molecular flexibility index (Phi) is 4.64. The summed E-state index contributed by atoms with van der Waals surface area (Å²) in [5.74, 6) is 2.07. The van der Waals surface area contributed by atoms with Gasteiger partial charge in [-0.3, -0.25) is 0 Å². The number of nitrogens with one attached hydrogen (secondary N) is 1. The molecule has 1 aromatic rings. The Morgan fingerprint density at radius 2 is 2.11 bits per heavy atom. The average molecular weight is 270 g/mol. The maximum absolute atomic E-state index is 5.99. The lowest BCUT2D eigenvalue weighted by atomic mass is 10.0. The molecule has 0 bridgehead atoms. The molecule has 0 aliphatic heterocycles. The minimum absolute atomic E-state index is 0.358. The predicted octanol–water partition coefficient (Wildman–Crippen LogP) is 3.52. The second kappa shape index (κ2) is 6.23. The van der Waals surface area contributed by atoms with Gasteiger partial charge in [0.1, 0.15) is 6.33 Å². The fraction of sp³-hybridized carbons (Fsp3) is 0.692. The summed E-state index contributed by atoms with van der Waals surface area (Å²) in [4.78, 5) is 8.15. The normalized spacial score (nSPS) is 24.4. The first-order valence-corrected chi connectivity index (χ1v) is 6.89. The second-order valence-electron chi connectivity index (χ2n) is 5.00. The van der Waals surface area contributed by atoms with Crippen molar-refractivity contribution in [2.75, 3.05) is 12.4 Å². The van der Waals surface area contributed by atoms with Crippen LogP contribution in [-0.2, 0) is 0 Å². The lowest BCUT2D eigenvalue weighted by molar-refractivity contribution is 0.411. The molecule has 1 N–H and O–H groups in total. The minimum Gasteiger partial charge on any atom is -0.490 e. The van der Waals surface area contributed by atoms with Crippen LogP contribution in [-0.4, -0.2) is 23.1 Å². The standard InChI is InChI=1S/C13H20ClN3O/c1-9-4-3-5-10(7-6-9)17-13-11(18-2)12(14)15-8-16-13/h8-10H,3-7H2,1-2H3,(H,15,16,17). The number of anilines is 1. The molecule has 1 heterocycles. The van der Waals surface area contributed by atoms with Gasteiger partial charge in [-0.1, -0.05) is 31.4 Å². The van der Waals surface area contributed by atoms with Crippen molar-refractivity contribution in [2.24, 2.45) is 5.92 Å². The summed E-state index contributed by atoms with van der Waals surface area (Å²) in [6.45, 7) is 2.32. The van der Waals surface area contributed by atoms with Gasteiger partial charge in [0.2, 0.25) is 0 Å². The van der Waals surface area contributed by atoms with Crippen LogP contribution in [0.5, 0.6) is 5.75 Å². The summed E-state index contributed by atoms with van der Waals surface area (Å²) in [7, 11) is 1.59. The quantitative estimate of drug-likeness (QED) is 0.674. The van der Waals surface area contributed by atoms with E-state index in [1.54, 1.807) is 7.11 Å². The highest BCUT2D eigenvalue weighted by molar-refractivity contribution is 6.31. The number of hydrogen-bond acceptors (Lipinski definition) is 4. The van der Waals surface area contributed by atoms with Crippen LogP contribution in [0.3, 0.4) is 0 Å². The largest absolute Gasteiger partial charge is 0.490 e. The maximum atomic E-state index is 5.99. The van der Waals surface area contributed by atoms with Crippen LogP contribution in [0.15, 0.2) is 6.33 Å². The van der Waals surface area contributed by atoms with E-state index in [1.165, 1.54) is 38.4 Å². The number of methoxy groups -OCH3 is 1. The van der Waals surface area contributed by atoms with Crippen LogP contribution in [0.4, 0.5) is 5.82 Å². The van der Waals surface area contributed by atoms with Crippen molar-refractivity contribution in [3.05, 3.63) is 11.5 Å². The Morgan fingerprint density at radius 3 is 2.89 bits per heavy atom. The molecule has 1 aliphatic carbocycles.